The van der Waals surface area contributed by atoms with Gasteiger partial charge < -0.3 is 5.32 Å². The first-order valence-electron chi connectivity index (χ1n) is 5.87. The molecule has 94 valence electrons. The summed E-state index contributed by atoms with van der Waals surface area (Å²) in [4.78, 5) is 0. The normalized spacial score (nSPS) is 12.5. The molecule has 0 bridgehead atoms. The third-order valence-electron chi connectivity index (χ3n) is 2.65. The lowest BCUT2D eigenvalue weighted by Gasteiger charge is -2.19. The van der Waals surface area contributed by atoms with E-state index in [4.69, 9.17) is 23.2 Å². The molecular formula is C14H19Cl2N. The molecule has 0 fully saturated rings. The Hall–Kier alpha value is -0.500. The van der Waals surface area contributed by atoms with Gasteiger partial charge in [-0.2, -0.15) is 0 Å². The van der Waals surface area contributed by atoms with Crippen LogP contribution >= 0.6 is 23.2 Å². The number of hydrogen-bond acceptors (Lipinski definition) is 1. The minimum atomic E-state index is 0.265. The topological polar surface area (TPSA) is 12.0 Å². The van der Waals surface area contributed by atoms with Crippen molar-refractivity contribution >= 4 is 23.2 Å². The van der Waals surface area contributed by atoms with E-state index in [0.29, 0.717) is 5.02 Å². The van der Waals surface area contributed by atoms with Gasteiger partial charge in [0.25, 0.3) is 0 Å². The molecule has 0 spiro atoms. The van der Waals surface area contributed by atoms with Crippen molar-refractivity contribution in [3.05, 3.63) is 46.0 Å². The Balaban J connectivity index is 2.84. The molecule has 1 nitrogen and oxygen atoms in total. The number of rotatable bonds is 6. The molecule has 1 aromatic carbocycles. The third kappa shape index (κ3) is 4.71. The second kappa shape index (κ2) is 7.05. The standard InChI is InChI=1S/C14H19Cl2N/c1-4-17-14(8-5-10(2)3)12-7-6-11(15)9-13(12)16/h6-7,9,14,17H,2,4-5,8H2,1,3H3. The Morgan fingerprint density at radius 3 is 2.65 bits per heavy atom. The van der Waals surface area contributed by atoms with Crippen molar-refractivity contribution in [2.75, 3.05) is 6.54 Å². The molecule has 17 heavy (non-hydrogen) atoms. The van der Waals surface area contributed by atoms with Gasteiger partial charge in [-0.3, -0.25) is 0 Å². The van der Waals surface area contributed by atoms with Crippen LogP contribution in [0.25, 0.3) is 0 Å². The second-order valence-electron chi connectivity index (χ2n) is 4.27. The monoisotopic (exact) mass is 271 g/mol. The predicted octanol–water partition coefficient (Wildman–Crippen LogP) is 5.00. The summed E-state index contributed by atoms with van der Waals surface area (Å²) in [5, 5.41) is 4.85. The molecule has 3 heteroatoms. The molecule has 1 N–H and O–H groups in total. The van der Waals surface area contributed by atoms with E-state index < -0.39 is 0 Å². The fraction of sp³-hybridized carbons (Fsp3) is 0.429. The molecule has 0 heterocycles. The average molecular weight is 272 g/mol. The van der Waals surface area contributed by atoms with Gasteiger partial charge in [-0.25, -0.2) is 0 Å². The lowest BCUT2D eigenvalue weighted by molar-refractivity contribution is 0.515. The average Bonchev–Trinajstić information content (AvgIpc) is 2.24. The van der Waals surface area contributed by atoms with E-state index in [0.717, 1.165) is 30.0 Å². The highest BCUT2D eigenvalue weighted by atomic mass is 35.5. The van der Waals surface area contributed by atoms with E-state index >= 15 is 0 Å². The first kappa shape index (κ1) is 14.6. The van der Waals surface area contributed by atoms with E-state index in [1.54, 1.807) is 6.07 Å². The van der Waals surface area contributed by atoms with E-state index in [9.17, 15) is 0 Å². The first-order valence-corrected chi connectivity index (χ1v) is 6.63. The predicted molar refractivity (Wildman–Crippen MR) is 76.9 cm³/mol. The molecule has 1 rings (SSSR count). The summed E-state index contributed by atoms with van der Waals surface area (Å²) >= 11 is 12.1. The van der Waals surface area contributed by atoms with Crippen LogP contribution < -0.4 is 5.32 Å². The number of halogens is 2. The van der Waals surface area contributed by atoms with Crippen molar-refractivity contribution in [1.82, 2.24) is 5.32 Å². The quantitative estimate of drug-likeness (QED) is 0.718. The number of allylic oxidation sites excluding steroid dienone is 1. The Kier molecular flexibility index (Phi) is 6.04. The van der Waals surface area contributed by atoms with Crippen LogP contribution in [-0.2, 0) is 0 Å². The smallest absolute Gasteiger partial charge is 0.0468 e. The van der Waals surface area contributed by atoms with Gasteiger partial charge >= 0.3 is 0 Å². The highest BCUT2D eigenvalue weighted by Gasteiger charge is 2.13. The molecule has 0 aliphatic carbocycles. The van der Waals surface area contributed by atoms with Crippen molar-refractivity contribution in [1.29, 1.82) is 0 Å². The largest absolute Gasteiger partial charge is 0.310 e. The zero-order valence-corrected chi connectivity index (χ0v) is 11.9. The highest BCUT2D eigenvalue weighted by Crippen LogP contribution is 2.29. The summed E-state index contributed by atoms with van der Waals surface area (Å²) < 4.78 is 0. The zero-order chi connectivity index (χ0) is 12.8. The van der Waals surface area contributed by atoms with Crippen molar-refractivity contribution < 1.29 is 0 Å². The minimum absolute atomic E-state index is 0.265. The third-order valence-corrected chi connectivity index (χ3v) is 3.21. The molecule has 1 aromatic rings. The van der Waals surface area contributed by atoms with Crippen molar-refractivity contribution in [3.8, 4) is 0 Å². The summed E-state index contributed by atoms with van der Waals surface area (Å²) in [6.07, 6.45) is 2.00. The number of nitrogens with one attached hydrogen (secondary N) is 1. The van der Waals surface area contributed by atoms with E-state index in [-0.39, 0.29) is 6.04 Å². The molecule has 1 atom stereocenters. The molecule has 0 radical (unpaired) electrons. The van der Waals surface area contributed by atoms with Crippen LogP contribution in [-0.4, -0.2) is 6.54 Å². The van der Waals surface area contributed by atoms with Crippen LogP contribution in [0.2, 0.25) is 10.0 Å². The van der Waals surface area contributed by atoms with Crippen LogP contribution in [0.5, 0.6) is 0 Å². The summed E-state index contributed by atoms with van der Waals surface area (Å²) in [5.41, 5.74) is 2.30. The van der Waals surface area contributed by atoms with E-state index in [1.807, 2.05) is 19.1 Å². The second-order valence-corrected chi connectivity index (χ2v) is 5.12. The number of benzene rings is 1. The van der Waals surface area contributed by atoms with Crippen LogP contribution in [0, 0.1) is 0 Å². The van der Waals surface area contributed by atoms with Gasteiger partial charge in [0.2, 0.25) is 0 Å². The van der Waals surface area contributed by atoms with Gasteiger partial charge in [0.15, 0.2) is 0 Å². The minimum Gasteiger partial charge on any atom is -0.310 e. The lowest BCUT2D eigenvalue weighted by Crippen LogP contribution is -2.21. The Labute approximate surface area is 114 Å². The van der Waals surface area contributed by atoms with Gasteiger partial charge in [0, 0.05) is 16.1 Å². The van der Waals surface area contributed by atoms with E-state index in [2.05, 4.69) is 18.8 Å². The van der Waals surface area contributed by atoms with Crippen LogP contribution in [0.3, 0.4) is 0 Å². The van der Waals surface area contributed by atoms with Gasteiger partial charge in [-0.15, -0.1) is 6.58 Å². The fourth-order valence-electron chi connectivity index (χ4n) is 1.79. The highest BCUT2D eigenvalue weighted by molar-refractivity contribution is 6.35. The first-order chi connectivity index (χ1) is 8.04. The summed E-state index contributed by atoms with van der Waals surface area (Å²) in [6, 6.07) is 5.94. The van der Waals surface area contributed by atoms with E-state index in [1.165, 1.54) is 5.57 Å². The van der Waals surface area contributed by atoms with Gasteiger partial charge in [-0.05, 0) is 44.0 Å². The fourth-order valence-corrected chi connectivity index (χ4v) is 2.33. The van der Waals surface area contributed by atoms with Crippen LogP contribution in [0.15, 0.2) is 30.4 Å². The molecule has 0 aliphatic rings. The summed E-state index contributed by atoms with van der Waals surface area (Å²) in [6.45, 7) is 8.99. The van der Waals surface area contributed by atoms with Crippen molar-refractivity contribution in [2.24, 2.45) is 0 Å². The number of hydrogen-bond donors (Lipinski definition) is 1. The summed E-state index contributed by atoms with van der Waals surface area (Å²) in [7, 11) is 0. The van der Waals surface area contributed by atoms with Crippen molar-refractivity contribution in [2.45, 2.75) is 32.7 Å². The van der Waals surface area contributed by atoms with Crippen LogP contribution in [0.4, 0.5) is 0 Å². The van der Waals surface area contributed by atoms with Gasteiger partial charge in [0.1, 0.15) is 0 Å². The molecular weight excluding hydrogens is 253 g/mol. The Bertz CT molecular complexity index is 388. The molecule has 1 unspecified atom stereocenters. The maximum atomic E-state index is 6.23. The van der Waals surface area contributed by atoms with Gasteiger partial charge in [-0.1, -0.05) is 41.8 Å². The molecule has 0 amide bonds. The molecule has 0 saturated carbocycles. The molecule has 0 saturated heterocycles. The van der Waals surface area contributed by atoms with Crippen LogP contribution in [0.1, 0.15) is 38.3 Å². The zero-order valence-electron chi connectivity index (χ0n) is 10.4. The maximum absolute atomic E-state index is 6.23. The van der Waals surface area contributed by atoms with Crippen molar-refractivity contribution in [3.63, 3.8) is 0 Å². The molecule has 0 aliphatic heterocycles. The summed E-state index contributed by atoms with van der Waals surface area (Å²) in [5.74, 6) is 0. The Morgan fingerprint density at radius 2 is 2.12 bits per heavy atom. The Morgan fingerprint density at radius 1 is 1.41 bits per heavy atom. The maximum Gasteiger partial charge on any atom is 0.0468 e. The molecule has 0 aromatic heterocycles. The van der Waals surface area contributed by atoms with Gasteiger partial charge in [0.05, 0.1) is 0 Å². The lowest BCUT2D eigenvalue weighted by atomic mass is 10.00. The SMILES string of the molecule is C=C(C)CCC(NCC)c1ccc(Cl)cc1Cl.